The predicted molar refractivity (Wildman–Crippen MR) is 81.7 cm³/mol. The van der Waals surface area contributed by atoms with E-state index in [1.165, 1.54) is 10.8 Å². The second kappa shape index (κ2) is 6.58. The van der Waals surface area contributed by atoms with Crippen molar-refractivity contribution in [2.24, 2.45) is 5.92 Å². The molecule has 0 heterocycles. The molecule has 0 amide bonds. The quantitative estimate of drug-likeness (QED) is 0.848. The Hall–Kier alpha value is -1.54. The van der Waals surface area contributed by atoms with Crippen molar-refractivity contribution in [2.75, 3.05) is 13.2 Å². The molecule has 0 saturated heterocycles. The molecular formula is C17H23NO. The molecule has 2 aromatic rings. The number of benzene rings is 2. The zero-order valence-electron chi connectivity index (χ0n) is 12.0. The van der Waals surface area contributed by atoms with E-state index in [0.717, 1.165) is 18.9 Å². The molecule has 2 rings (SSSR count). The van der Waals surface area contributed by atoms with Crippen LogP contribution in [0.25, 0.3) is 10.8 Å². The van der Waals surface area contributed by atoms with Gasteiger partial charge in [0.15, 0.2) is 0 Å². The summed E-state index contributed by atoms with van der Waals surface area (Å²) in [6.07, 6.45) is 0. The third kappa shape index (κ3) is 4.25. The molecule has 0 bridgehead atoms. The van der Waals surface area contributed by atoms with E-state index in [9.17, 15) is 0 Å². The van der Waals surface area contributed by atoms with Gasteiger partial charge in [0.25, 0.3) is 0 Å². The molecule has 0 aliphatic carbocycles. The molecule has 102 valence electrons. The molecule has 0 aliphatic heterocycles. The lowest BCUT2D eigenvalue weighted by Gasteiger charge is -2.16. The van der Waals surface area contributed by atoms with E-state index in [1.54, 1.807) is 0 Å². The fourth-order valence-corrected chi connectivity index (χ4v) is 1.99. The van der Waals surface area contributed by atoms with Crippen molar-refractivity contribution in [1.82, 2.24) is 5.32 Å². The molecule has 0 aliphatic rings. The Bertz CT molecular complexity index is 521. The van der Waals surface area contributed by atoms with Crippen LogP contribution in [-0.4, -0.2) is 19.2 Å². The van der Waals surface area contributed by atoms with E-state index in [0.29, 0.717) is 12.0 Å². The van der Waals surface area contributed by atoms with E-state index in [-0.39, 0.29) is 0 Å². The minimum atomic E-state index is 0.508. The van der Waals surface area contributed by atoms with Crippen molar-refractivity contribution >= 4 is 10.8 Å². The smallest absolute Gasteiger partial charge is 0.119 e. The van der Waals surface area contributed by atoms with Gasteiger partial charge in [0, 0.05) is 18.5 Å². The monoisotopic (exact) mass is 257 g/mol. The first kappa shape index (κ1) is 13.9. The fourth-order valence-electron chi connectivity index (χ4n) is 1.99. The lowest BCUT2D eigenvalue weighted by atomic mass is 10.1. The number of rotatable bonds is 6. The zero-order chi connectivity index (χ0) is 13.7. The highest BCUT2D eigenvalue weighted by atomic mass is 16.5. The van der Waals surface area contributed by atoms with Crippen molar-refractivity contribution in [3.63, 3.8) is 0 Å². The summed E-state index contributed by atoms with van der Waals surface area (Å²) in [5, 5.41) is 5.91. The van der Waals surface area contributed by atoms with Crippen LogP contribution in [0.3, 0.4) is 0 Å². The summed E-state index contributed by atoms with van der Waals surface area (Å²) < 4.78 is 5.87. The van der Waals surface area contributed by atoms with E-state index < -0.39 is 0 Å². The first-order valence-corrected chi connectivity index (χ1v) is 7.00. The van der Waals surface area contributed by atoms with Gasteiger partial charge in [-0.15, -0.1) is 0 Å². The Kier molecular flexibility index (Phi) is 4.80. The van der Waals surface area contributed by atoms with Gasteiger partial charge in [-0.2, -0.15) is 0 Å². The second-order valence-electron chi connectivity index (χ2n) is 5.49. The van der Waals surface area contributed by atoms with Gasteiger partial charge in [0.1, 0.15) is 5.75 Å². The molecule has 1 N–H and O–H groups in total. The van der Waals surface area contributed by atoms with Crippen LogP contribution in [0.2, 0.25) is 0 Å². The Morgan fingerprint density at radius 1 is 1.00 bits per heavy atom. The van der Waals surface area contributed by atoms with Crippen molar-refractivity contribution < 1.29 is 4.74 Å². The third-order valence-electron chi connectivity index (χ3n) is 3.13. The summed E-state index contributed by atoms with van der Waals surface area (Å²) in [5.74, 6) is 1.46. The predicted octanol–water partition coefficient (Wildman–Crippen LogP) is 3.85. The van der Waals surface area contributed by atoms with Crippen molar-refractivity contribution in [3.8, 4) is 5.75 Å². The normalized spacial score (nSPS) is 12.8. The van der Waals surface area contributed by atoms with Crippen molar-refractivity contribution in [1.29, 1.82) is 0 Å². The minimum Gasteiger partial charge on any atom is -0.493 e. The molecular weight excluding hydrogens is 234 g/mol. The Balaban J connectivity index is 1.90. The highest BCUT2D eigenvalue weighted by Crippen LogP contribution is 2.20. The van der Waals surface area contributed by atoms with Gasteiger partial charge in [-0.3, -0.25) is 0 Å². The van der Waals surface area contributed by atoms with Crippen LogP contribution < -0.4 is 10.1 Å². The summed E-state index contributed by atoms with van der Waals surface area (Å²) in [5.41, 5.74) is 0. The molecule has 0 fully saturated rings. The summed E-state index contributed by atoms with van der Waals surface area (Å²) in [6.45, 7) is 8.27. The number of ether oxygens (including phenoxy) is 1. The van der Waals surface area contributed by atoms with Crippen LogP contribution in [0.1, 0.15) is 20.8 Å². The van der Waals surface area contributed by atoms with Crippen LogP contribution in [-0.2, 0) is 0 Å². The van der Waals surface area contributed by atoms with Gasteiger partial charge in [-0.1, -0.05) is 51.1 Å². The maximum atomic E-state index is 5.87. The topological polar surface area (TPSA) is 21.3 Å². The first-order chi connectivity index (χ1) is 9.15. The summed E-state index contributed by atoms with van der Waals surface area (Å²) in [4.78, 5) is 0. The number of fused-ring (bicyclic) bond motifs is 1. The molecule has 19 heavy (non-hydrogen) atoms. The number of hydrogen-bond donors (Lipinski definition) is 1. The van der Waals surface area contributed by atoms with E-state index in [2.05, 4.69) is 62.5 Å². The lowest BCUT2D eigenvalue weighted by Crippen LogP contribution is -2.30. The van der Waals surface area contributed by atoms with Crippen LogP contribution >= 0.6 is 0 Å². The van der Waals surface area contributed by atoms with Gasteiger partial charge < -0.3 is 10.1 Å². The van der Waals surface area contributed by atoms with E-state index in [4.69, 9.17) is 4.74 Å². The average Bonchev–Trinajstić information content (AvgIpc) is 2.42. The largest absolute Gasteiger partial charge is 0.493 e. The summed E-state index contributed by atoms with van der Waals surface area (Å²) in [6, 6.07) is 15.2. The highest BCUT2D eigenvalue weighted by molar-refractivity contribution is 5.83. The van der Waals surface area contributed by atoms with Gasteiger partial charge in [-0.05, 0) is 22.9 Å². The minimum absolute atomic E-state index is 0.508. The number of nitrogens with one attached hydrogen (secondary N) is 1. The Labute approximate surface area is 115 Å². The fraction of sp³-hybridized carbons (Fsp3) is 0.412. The van der Waals surface area contributed by atoms with Crippen molar-refractivity contribution in [2.45, 2.75) is 26.8 Å². The molecule has 2 aromatic carbocycles. The molecule has 0 saturated carbocycles. The van der Waals surface area contributed by atoms with Gasteiger partial charge in [0.05, 0.1) is 6.61 Å². The summed E-state index contributed by atoms with van der Waals surface area (Å²) >= 11 is 0. The van der Waals surface area contributed by atoms with E-state index >= 15 is 0 Å². The Morgan fingerprint density at radius 2 is 1.74 bits per heavy atom. The molecule has 1 unspecified atom stereocenters. The maximum Gasteiger partial charge on any atom is 0.119 e. The van der Waals surface area contributed by atoms with Crippen LogP contribution in [0, 0.1) is 5.92 Å². The average molecular weight is 257 g/mol. The van der Waals surface area contributed by atoms with Crippen LogP contribution in [0.15, 0.2) is 42.5 Å². The summed E-state index contributed by atoms with van der Waals surface area (Å²) in [7, 11) is 0. The van der Waals surface area contributed by atoms with E-state index in [1.807, 2.05) is 6.07 Å². The van der Waals surface area contributed by atoms with Gasteiger partial charge >= 0.3 is 0 Å². The first-order valence-electron chi connectivity index (χ1n) is 7.00. The van der Waals surface area contributed by atoms with Crippen LogP contribution in [0.4, 0.5) is 0 Å². The zero-order valence-corrected chi connectivity index (χ0v) is 12.0. The van der Waals surface area contributed by atoms with Crippen molar-refractivity contribution in [3.05, 3.63) is 42.5 Å². The molecule has 0 radical (unpaired) electrons. The molecule has 2 heteroatoms. The van der Waals surface area contributed by atoms with Gasteiger partial charge in [0.2, 0.25) is 0 Å². The maximum absolute atomic E-state index is 5.87. The third-order valence-corrected chi connectivity index (χ3v) is 3.13. The molecule has 0 aromatic heterocycles. The SMILES string of the molecule is CC(CNC(C)C)COc1ccc2ccccc2c1. The lowest BCUT2D eigenvalue weighted by molar-refractivity contribution is 0.253. The molecule has 0 spiro atoms. The molecule has 1 atom stereocenters. The highest BCUT2D eigenvalue weighted by Gasteiger charge is 2.04. The van der Waals surface area contributed by atoms with Gasteiger partial charge in [-0.25, -0.2) is 0 Å². The van der Waals surface area contributed by atoms with Crippen LogP contribution in [0.5, 0.6) is 5.75 Å². The number of hydrogen-bond acceptors (Lipinski definition) is 2. The molecule has 2 nitrogen and oxygen atoms in total. The Morgan fingerprint density at radius 3 is 2.47 bits per heavy atom. The standard InChI is InChI=1S/C17H23NO/c1-13(2)18-11-14(3)12-19-17-9-8-15-6-4-5-7-16(15)10-17/h4-10,13-14,18H,11-12H2,1-3H3. The second-order valence-corrected chi connectivity index (χ2v) is 5.49.